The molecule has 0 aliphatic rings. The van der Waals surface area contributed by atoms with Crippen LogP contribution in [0.15, 0.2) is 24.3 Å². The van der Waals surface area contributed by atoms with Crippen molar-refractivity contribution in [3.63, 3.8) is 0 Å². The summed E-state index contributed by atoms with van der Waals surface area (Å²) in [4.78, 5) is 0. The Hall–Kier alpha value is -1.52. The van der Waals surface area contributed by atoms with Crippen LogP contribution < -0.4 is 0 Å². The first-order chi connectivity index (χ1) is 10.4. The van der Waals surface area contributed by atoms with Gasteiger partial charge in [0.25, 0.3) is 0 Å². The third-order valence-corrected chi connectivity index (χ3v) is 4.93. The Morgan fingerprint density at radius 1 is 1.32 bits per heavy atom. The number of benzene rings is 1. The van der Waals surface area contributed by atoms with Gasteiger partial charge in [0.05, 0.1) is 11.8 Å². The molecule has 0 amide bonds. The minimum absolute atomic E-state index is 0.195. The van der Waals surface area contributed by atoms with Crippen molar-refractivity contribution in [2.45, 2.75) is 38.4 Å². The van der Waals surface area contributed by atoms with Gasteiger partial charge >= 0.3 is 0 Å². The molecule has 0 spiro atoms. The number of halogens is 2. The first-order valence-corrected chi connectivity index (χ1v) is 8.70. The number of hydrogen-bond donors (Lipinski definition) is 0. The Bertz CT molecular complexity index is 612. The summed E-state index contributed by atoms with van der Waals surface area (Å²) in [6.07, 6.45) is -1.37. The standard InChI is InChI=1S/C15H20F2N2O2S/c1-2-3-8-19(9-7-18)22(20,21)12-14-6-4-5-13(10-14)11-15(16)17/h4-6,10,15H,2-3,8-9,11-12H2,1H3. The number of sulfonamides is 1. The summed E-state index contributed by atoms with van der Waals surface area (Å²) in [6.45, 7) is 2.03. The molecule has 0 N–H and O–H groups in total. The van der Waals surface area contributed by atoms with Crippen LogP contribution in [-0.2, 0) is 22.2 Å². The minimum Gasteiger partial charge on any atom is -0.212 e. The van der Waals surface area contributed by atoms with E-state index in [9.17, 15) is 17.2 Å². The monoisotopic (exact) mass is 330 g/mol. The highest BCUT2D eigenvalue weighted by atomic mass is 32.2. The lowest BCUT2D eigenvalue weighted by atomic mass is 10.1. The Balaban J connectivity index is 2.88. The molecule has 0 saturated heterocycles. The van der Waals surface area contributed by atoms with Crippen LogP contribution in [-0.4, -0.2) is 32.2 Å². The predicted molar refractivity (Wildman–Crippen MR) is 80.9 cm³/mol. The van der Waals surface area contributed by atoms with Crippen LogP contribution >= 0.6 is 0 Å². The van der Waals surface area contributed by atoms with E-state index in [0.717, 1.165) is 10.7 Å². The molecule has 0 aliphatic heterocycles. The van der Waals surface area contributed by atoms with Crippen LogP contribution in [0.4, 0.5) is 8.78 Å². The zero-order valence-corrected chi connectivity index (χ0v) is 13.3. The fourth-order valence-corrected chi connectivity index (χ4v) is 3.50. The summed E-state index contributed by atoms with van der Waals surface area (Å²) in [6, 6.07) is 8.05. The summed E-state index contributed by atoms with van der Waals surface area (Å²) >= 11 is 0. The highest BCUT2D eigenvalue weighted by Gasteiger charge is 2.22. The minimum atomic E-state index is -3.63. The van der Waals surface area contributed by atoms with Crippen molar-refractivity contribution >= 4 is 10.0 Å². The van der Waals surface area contributed by atoms with E-state index in [1.807, 2.05) is 13.0 Å². The van der Waals surface area contributed by atoms with Crippen LogP contribution in [0, 0.1) is 11.3 Å². The molecule has 0 radical (unpaired) electrons. The highest BCUT2D eigenvalue weighted by Crippen LogP contribution is 2.15. The van der Waals surface area contributed by atoms with E-state index in [-0.39, 0.29) is 12.3 Å². The Labute approximate surface area is 130 Å². The van der Waals surface area contributed by atoms with E-state index < -0.39 is 22.9 Å². The molecule has 0 unspecified atom stereocenters. The summed E-state index contributed by atoms with van der Waals surface area (Å²) in [5.74, 6) is -0.282. The summed E-state index contributed by atoms with van der Waals surface area (Å²) in [5, 5.41) is 8.77. The van der Waals surface area contributed by atoms with Gasteiger partial charge < -0.3 is 0 Å². The number of nitriles is 1. The molecule has 4 nitrogen and oxygen atoms in total. The molecule has 0 saturated carbocycles. The van der Waals surface area contributed by atoms with Crippen molar-refractivity contribution in [1.82, 2.24) is 4.31 Å². The van der Waals surface area contributed by atoms with Crippen molar-refractivity contribution < 1.29 is 17.2 Å². The van der Waals surface area contributed by atoms with Crippen LogP contribution in [0.2, 0.25) is 0 Å². The second kappa shape index (κ2) is 8.81. The third-order valence-electron chi connectivity index (χ3n) is 3.13. The maximum Gasteiger partial charge on any atom is 0.242 e. The average Bonchev–Trinajstić information content (AvgIpc) is 2.42. The molecule has 22 heavy (non-hydrogen) atoms. The Morgan fingerprint density at radius 2 is 2.00 bits per heavy atom. The van der Waals surface area contributed by atoms with Gasteiger partial charge in [0.15, 0.2) is 0 Å². The van der Waals surface area contributed by atoms with Crippen LogP contribution in [0.3, 0.4) is 0 Å². The van der Waals surface area contributed by atoms with Gasteiger partial charge in [0.1, 0.15) is 6.54 Å². The lowest BCUT2D eigenvalue weighted by molar-refractivity contribution is 0.149. The first kappa shape index (κ1) is 18.5. The molecule has 0 fully saturated rings. The number of unbranched alkanes of at least 4 members (excludes halogenated alkanes) is 1. The second-order valence-electron chi connectivity index (χ2n) is 5.02. The van der Waals surface area contributed by atoms with Crippen LogP contribution in [0.1, 0.15) is 30.9 Å². The molecule has 1 aromatic rings. The Kier molecular flexibility index (Phi) is 7.42. The van der Waals surface area contributed by atoms with Crippen LogP contribution in [0.5, 0.6) is 0 Å². The van der Waals surface area contributed by atoms with E-state index in [1.54, 1.807) is 18.2 Å². The van der Waals surface area contributed by atoms with E-state index in [0.29, 0.717) is 24.1 Å². The molecule has 1 rings (SSSR count). The lowest BCUT2D eigenvalue weighted by Crippen LogP contribution is -2.33. The van der Waals surface area contributed by atoms with E-state index in [1.165, 1.54) is 6.07 Å². The SMILES string of the molecule is CCCCN(CC#N)S(=O)(=O)Cc1cccc(CC(F)F)c1. The molecule has 0 aliphatic carbocycles. The molecule has 0 atom stereocenters. The molecular formula is C15H20F2N2O2S. The van der Waals surface area contributed by atoms with Crippen molar-refractivity contribution in [2.24, 2.45) is 0 Å². The largest absolute Gasteiger partial charge is 0.242 e. The third kappa shape index (κ3) is 6.08. The predicted octanol–water partition coefficient (Wildman–Crippen LogP) is 2.95. The summed E-state index contributed by atoms with van der Waals surface area (Å²) in [5.41, 5.74) is 0.862. The molecule has 0 aromatic heterocycles. The van der Waals surface area contributed by atoms with Gasteiger partial charge in [-0.3, -0.25) is 0 Å². The molecular weight excluding hydrogens is 310 g/mol. The second-order valence-corrected chi connectivity index (χ2v) is 6.99. The van der Waals surface area contributed by atoms with Crippen molar-refractivity contribution in [2.75, 3.05) is 13.1 Å². The fraction of sp³-hybridized carbons (Fsp3) is 0.533. The molecule has 1 aromatic carbocycles. The summed E-state index contributed by atoms with van der Waals surface area (Å²) < 4.78 is 50.7. The molecule has 0 heterocycles. The quantitative estimate of drug-likeness (QED) is 0.654. The number of rotatable bonds is 9. The maximum atomic E-state index is 12.4. The zero-order chi connectivity index (χ0) is 16.6. The molecule has 122 valence electrons. The Morgan fingerprint density at radius 3 is 2.59 bits per heavy atom. The lowest BCUT2D eigenvalue weighted by Gasteiger charge is -2.19. The van der Waals surface area contributed by atoms with Gasteiger partial charge in [0.2, 0.25) is 16.4 Å². The average molecular weight is 330 g/mol. The van der Waals surface area contributed by atoms with Gasteiger partial charge in [-0.05, 0) is 17.5 Å². The van der Waals surface area contributed by atoms with Gasteiger partial charge in [-0.2, -0.15) is 9.57 Å². The fourth-order valence-electron chi connectivity index (χ4n) is 2.06. The van der Waals surface area contributed by atoms with Gasteiger partial charge in [0, 0.05) is 13.0 Å². The maximum absolute atomic E-state index is 12.4. The van der Waals surface area contributed by atoms with E-state index >= 15 is 0 Å². The van der Waals surface area contributed by atoms with Crippen LogP contribution in [0.25, 0.3) is 0 Å². The topological polar surface area (TPSA) is 61.2 Å². The smallest absolute Gasteiger partial charge is 0.212 e. The first-order valence-electron chi connectivity index (χ1n) is 7.09. The number of alkyl halides is 2. The normalized spacial score (nSPS) is 11.8. The zero-order valence-electron chi connectivity index (χ0n) is 12.5. The number of nitrogens with zero attached hydrogens (tertiary/aromatic N) is 2. The summed E-state index contributed by atoms with van der Waals surface area (Å²) in [7, 11) is -3.63. The molecule has 7 heteroatoms. The van der Waals surface area contributed by atoms with Gasteiger partial charge in [-0.15, -0.1) is 0 Å². The van der Waals surface area contributed by atoms with Crippen molar-refractivity contribution in [1.29, 1.82) is 5.26 Å². The van der Waals surface area contributed by atoms with Gasteiger partial charge in [-0.1, -0.05) is 37.6 Å². The highest BCUT2D eigenvalue weighted by molar-refractivity contribution is 7.88. The van der Waals surface area contributed by atoms with Crippen molar-refractivity contribution in [3.05, 3.63) is 35.4 Å². The van der Waals surface area contributed by atoms with Gasteiger partial charge in [-0.25, -0.2) is 17.2 Å². The van der Waals surface area contributed by atoms with Crippen molar-refractivity contribution in [3.8, 4) is 6.07 Å². The van der Waals surface area contributed by atoms with E-state index in [4.69, 9.17) is 5.26 Å². The number of hydrogen-bond acceptors (Lipinski definition) is 3. The van der Waals surface area contributed by atoms with E-state index in [2.05, 4.69) is 0 Å². The molecule has 0 bridgehead atoms.